The number of ether oxygens (including phenoxy) is 1. The molecule has 0 radical (unpaired) electrons. The second kappa shape index (κ2) is 7.27. The lowest BCUT2D eigenvalue weighted by molar-refractivity contribution is 0.0378. The first-order chi connectivity index (χ1) is 13.0. The fourth-order valence-electron chi connectivity index (χ4n) is 3.51. The highest BCUT2D eigenvalue weighted by molar-refractivity contribution is 7.19. The van der Waals surface area contributed by atoms with Gasteiger partial charge in [0.25, 0.3) is 0 Å². The normalized spacial score (nSPS) is 16.4. The zero-order valence-corrected chi connectivity index (χ0v) is 16.6. The Morgan fingerprint density at radius 1 is 1.33 bits per heavy atom. The van der Waals surface area contributed by atoms with Crippen LogP contribution in [0.25, 0.3) is 10.2 Å². The Hall–Kier alpha value is -2.47. The molecule has 0 spiro atoms. The van der Waals surface area contributed by atoms with Gasteiger partial charge in [-0.25, -0.2) is 14.8 Å². The van der Waals surface area contributed by atoms with E-state index in [-0.39, 0.29) is 12.1 Å². The molecule has 1 aromatic carbocycles. The average Bonchev–Trinajstić information content (AvgIpc) is 2.99. The van der Waals surface area contributed by atoms with Crippen LogP contribution in [0.5, 0.6) is 0 Å². The third kappa shape index (κ3) is 3.67. The van der Waals surface area contributed by atoms with Crippen LogP contribution in [0.4, 0.5) is 11.5 Å². The number of rotatable bonds is 4. The molecule has 4 rings (SSSR count). The van der Waals surface area contributed by atoms with Crippen molar-refractivity contribution >= 4 is 39.0 Å². The Morgan fingerprint density at radius 3 is 3.00 bits per heavy atom. The maximum atomic E-state index is 12.2. The first kappa shape index (κ1) is 17.9. The molecule has 1 aliphatic carbocycles. The standard InChI is InChI=1S/C21H23N3O2S/c1-12(2)26-21(25)14-5-4-6-15(10-14)24-19-18-16-8-7-13(3)9-17(16)27-20(18)23-11-22-19/h4-6,10-13H,7-9H2,1-3H3,(H,22,23,24). The number of nitrogens with zero attached hydrogens (tertiary/aromatic N) is 2. The molecule has 5 nitrogen and oxygen atoms in total. The molecule has 2 aromatic heterocycles. The van der Waals surface area contributed by atoms with Gasteiger partial charge in [0.1, 0.15) is 17.0 Å². The Balaban J connectivity index is 1.67. The van der Waals surface area contributed by atoms with E-state index in [1.54, 1.807) is 29.8 Å². The van der Waals surface area contributed by atoms with Crippen LogP contribution in [0, 0.1) is 5.92 Å². The summed E-state index contributed by atoms with van der Waals surface area (Å²) >= 11 is 1.78. The fourth-order valence-corrected chi connectivity index (χ4v) is 4.86. The summed E-state index contributed by atoms with van der Waals surface area (Å²) in [5.41, 5.74) is 2.73. The SMILES string of the molecule is CC1CCc2c(sc3ncnc(Nc4cccc(C(=O)OC(C)C)c4)c23)C1. The summed E-state index contributed by atoms with van der Waals surface area (Å²) in [6.07, 6.45) is 4.85. The number of carbonyl (C=O) groups excluding carboxylic acids is 1. The molecular formula is C21H23N3O2S. The average molecular weight is 382 g/mol. The monoisotopic (exact) mass is 381 g/mol. The first-order valence-electron chi connectivity index (χ1n) is 9.34. The minimum atomic E-state index is -0.316. The van der Waals surface area contributed by atoms with Crippen LogP contribution < -0.4 is 5.32 Å². The van der Waals surface area contributed by atoms with E-state index >= 15 is 0 Å². The summed E-state index contributed by atoms with van der Waals surface area (Å²) < 4.78 is 5.29. The van der Waals surface area contributed by atoms with Gasteiger partial charge in [0.2, 0.25) is 0 Å². The lowest BCUT2D eigenvalue weighted by atomic mass is 9.89. The zero-order valence-electron chi connectivity index (χ0n) is 15.8. The Bertz CT molecular complexity index is 996. The number of hydrogen-bond donors (Lipinski definition) is 1. The van der Waals surface area contributed by atoms with E-state index in [1.807, 2.05) is 26.0 Å². The number of aryl methyl sites for hydroxylation is 1. The molecule has 0 amide bonds. The number of anilines is 2. The van der Waals surface area contributed by atoms with Crippen LogP contribution in [-0.4, -0.2) is 22.0 Å². The quantitative estimate of drug-likeness (QED) is 0.635. The molecular weight excluding hydrogens is 358 g/mol. The highest BCUT2D eigenvalue weighted by Gasteiger charge is 2.23. The van der Waals surface area contributed by atoms with Crippen molar-refractivity contribution in [3.8, 4) is 0 Å². The van der Waals surface area contributed by atoms with Crippen LogP contribution in [0.15, 0.2) is 30.6 Å². The maximum absolute atomic E-state index is 12.2. The highest BCUT2D eigenvalue weighted by atomic mass is 32.1. The zero-order chi connectivity index (χ0) is 19.0. The van der Waals surface area contributed by atoms with Crippen molar-refractivity contribution in [3.63, 3.8) is 0 Å². The largest absolute Gasteiger partial charge is 0.459 e. The van der Waals surface area contributed by atoms with Crippen LogP contribution in [0.3, 0.4) is 0 Å². The van der Waals surface area contributed by atoms with Crippen LogP contribution >= 0.6 is 11.3 Å². The number of nitrogens with one attached hydrogen (secondary N) is 1. The lowest BCUT2D eigenvalue weighted by Gasteiger charge is -2.18. The molecule has 0 aliphatic heterocycles. The number of hydrogen-bond acceptors (Lipinski definition) is 6. The van der Waals surface area contributed by atoms with Gasteiger partial charge in [-0.1, -0.05) is 13.0 Å². The van der Waals surface area contributed by atoms with E-state index < -0.39 is 0 Å². The third-order valence-corrected chi connectivity index (χ3v) is 5.96. The molecule has 27 heavy (non-hydrogen) atoms. The molecule has 0 saturated carbocycles. The lowest BCUT2D eigenvalue weighted by Crippen LogP contribution is -2.11. The molecule has 0 bridgehead atoms. The highest BCUT2D eigenvalue weighted by Crippen LogP contribution is 2.40. The summed E-state index contributed by atoms with van der Waals surface area (Å²) in [5.74, 6) is 1.21. The second-order valence-electron chi connectivity index (χ2n) is 7.41. The van der Waals surface area contributed by atoms with Gasteiger partial charge in [0.15, 0.2) is 0 Å². The van der Waals surface area contributed by atoms with Gasteiger partial charge in [0.05, 0.1) is 17.1 Å². The van der Waals surface area contributed by atoms with Gasteiger partial charge in [-0.05, 0) is 62.8 Å². The number of aromatic nitrogens is 2. The van der Waals surface area contributed by atoms with Crippen LogP contribution in [-0.2, 0) is 17.6 Å². The van der Waals surface area contributed by atoms with Crippen molar-refractivity contribution < 1.29 is 9.53 Å². The summed E-state index contributed by atoms with van der Waals surface area (Å²) in [6.45, 7) is 6.00. The van der Waals surface area contributed by atoms with E-state index in [4.69, 9.17) is 4.74 Å². The van der Waals surface area contributed by atoms with Crippen molar-refractivity contribution in [2.75, 3.05) is 5.32 Å². The van der Waals surface area contributed by atoms with Gasteiger partial charge in [-0.3, -0.25) is 0 Å². The predicted octanol–water partition coefficient (Wildman–Crippen LogP) is 5.12. The van der Waals surface area contributed by atoms with Crippen molar-refractivity contribution in [2.24, 2.45) is 5.92 Å². The Morgan fingerprint density at radius 2 is 2.19 bits per heavy atom. The van der Waals surface area contributed by atoms with E-state index in [1.165, 1.54) is 16.9 Å². The van der Waals surface area contributed by atoms with Gasteiger partial charge in [-0.15, -0.1) is 11.3 Å². The molecule has 1 atom stereocenters. The molecule has 6 heteroatoms. The molecule has 1 aliphatic rings. The summed E-state index contributed by atoms with van der Waals surface area (Å²) in [6, 6.07) is 7.35. The molecule has 0 fully saturated rings. The fraction of sp³-hybridized carbons (Fsp3) is 0.381. The Kier molecular flexibility index (Phi) is 4.83. The molecule has 3 aromatic rings. The van der Waals surface area contributed by atoms with Crippen LogP contribution in [0.2, 0.25) is 0 Å². The predicted molar refractivity (Wildman–Crippen MR) is 109 cm³/mol. The number of benzene rings is 1. The number of fused-ring (bicyclic) bond motifs is 3. The van der Waals surface area contributed by atoms with Gasteiger partial charge < -0.3 is 10.1 Å². The Labute approximate surface area is 162 Å². The van der Waals surface area contributed by atoms with Crippen molar-refractivity contribution in [3.05, 3.63) is 46.6 Å². The van der Waals surface area contributed by atoms with Crippen LogP contribution in [0.1, 0.15) is 48.0 Å². The second-order valence-corrected chi connectivity index (χ2v) is 8.50. The first-order valence-corrected chi connectivity index (χ1v) is 10.2. The van der Waals surface area contributed by atoms with E-state index in [9.17, 15) is 4.79 Å². The minimum Gasteiger partial charge on any atom is -0.459 e. The molecule has 2 heterocycles. The summed E-state index contributed by atoms with van der Waals surface area (Å²) in [4.78, 5) is 23.6. The number of thiophene rings is 1. The van der Waals surface area contributed by atoms with Gasteiger partial charge in [-0.2, -0.15) is 0 Å². The minimum absolute atomic E-state index is 0.143. The third-order valence-electron chi connectivity index (χ3n) is 4.80. The van der Waals surface area contributed by atoms with E-state index in [0.717, 1.165) is 40.5 Å². The van der Waals surface area contributed by atoms with Gasteiger partial charge in [0, 0.05) is 10.6 Å². The summed E-state index contributed by atoms with van der Waals surface area (Å²) in [7, 11) is 0. The van der Waals surface area contributed by atoms with Crippen molar-refractivity contribution in [2.45, 2.75) is 46.1 Å². The van der Waals surface area contributed by atoms with Gasteiger partial charge >= 0.3 is 5.97 Å². The summed E-state index contributed by atoms with van der Waals surface area (Å²) in [5, 5.41) is 4.52. The molecule has 1 N–H and O–H groups in total. The maximum Gasteiger partial charge on any atom is 0.338 e. The smallest absolute Gasteiger partial charge is 0.338 e. The molecule has 140 valence electrons. The van der Waals surface area contributed by atoms with E-state index in [2.05, 4.69) is 22.2 Å². The van der Waals surface area contributed by atoms with Crippen molar-refractivity contribution in [1.82, 2.24) is 9.97 Å². The van der Waals surface area contributed by atoms with E-state index in [0.29, 0.717) is 5.56 Å². The topological polar surface area (TPSA) is 64.1 Å². The number of esters is 1. The number of carbonyl (C=O) groups is 1. The van der Waals surface area contributed by atoms with Crippen molar-refractivity contribution in [1.29, 1.82) is 0 Å². The molecule has 1 unspecified atom stereocenters. The molecule has 0 saturated heterocycles.